The highest BCUT2D eigenvalue weighted by molar-refractivity contribution is 7.14. The Bertz CT molecular complexity index is 1340. The largest absolute Gasteiger partial charge is 0.158 e. The Hall–Kier alpha value is -2.90. The SMILES string of the molecule is Cc1cc(C)c([Si]2(c3c(C)cc(C)cc3C)c3ccccc3C3c4ccccc4C32)c(C)c1. The zero-order chi connectivity index (χ0) is 23.1. The van der Waals surface area contributed by atoms with E-state index in [9.17, 15) is 0 Å². The molecule has 4 aromatic rings. The number of aryl methyl sites for hydroxylation is 6. The summed E-state index contributed by atoms with van der Waals surface area (Å²) in [6, 6.07) is 28.4. The van der Waals surface area contributed by atoms with E-state index in [1.165, 1.54) is 33.4 Å². The van der Waals surface area contributed by atoms with Crippen molar-refractivity contribution in [1.82, 2.24) is 0 Å². The van der Waals surface area contributed by atoms with Crippen LogP contribution in [0.15, 0.2) is 72.8 Å². The van der Waals surface area contributed by atoms with Gasteiger partial charge in [-0.3, -0.25) is 0 Å². The number of benzene rings is 4. The maximum absolute atomic E-state index is 2.48. The van der Waals surface area contributed by atoms with Gasteiger partial charge in [0.05, 0.1) is 0 Å². The summed E-state index contributed by atoms with van der Waals surface area (Å²) in [5, 5.41) is 4.94. The molecule has 0 N–H and O–H groups in total. The van der Waals surface area contributed by atoms with Crippen LogP contribution in [0.25, 0.3) is 0 Å². The minimum Gasteiger partial charge on any atom is -0.0623 e. The Morgan fingerprint density at radius 2 is 0.939 bits per heavy atom. The third kappa shape index (κ3) is 2.57. The van der Waals surface area contributed by atoms with Crippen molar-refractivity contribution in [3.05, 3.63) is 123 Å². The summed E-state index contributed by atoms with van der Waals surface area (Å²) < 4.78 is 0. The molecule has 2 atom stereocenters. The second-order valence-electron chi connectivity index (χ2n) is 10.5. The summed E-state index contributed by atoms with van der Waals surface area (Å²) >= 11 is 0. The van der Waals surface area contributed by atoms with Gasteiger partial charge in [0.15, 0.2) is 8.07 Å². The minimum absolute atomic E-state index is 0.518. The third-order valence-electron chi connectivity index (χ3n) is 8.33. The van der Waals surface area contributed by atoms with E-state index >= 15 is 0 Å². The Morgan fingerprint density at radius 3 is 1.45 bits per heavy atom. The second kappa shape index (κ2) is 7.05. The van der Waals surface area contributed by atoms with Crippen LogP contribution in [0.4, 0.5) is 0 Å². The summed E-state index contributed by atoms with van der Waals surface area (Å²) in [6.07, 6.45) is 0. The Morgan fingerprint density at radius 1 is 0.515 bits per heavy atom. The Balaban J connectivity index is 1.84. The molecule has 1 heterocycles. The molecule has 0 saturated carbocycles. The van der Waals surface area contributed by atoms with Crippen molar-refractivity contribution in [3.63, 3.8) is 0 Å². The Kier molecular flexibility index (Phi) is 4.42. The molecule has 0 amide bonds. The van der Waals surface area contributed by atoms with Gasteiger partial charge >= 0.3 is 0 Å². The van der Waals surface area contributed by atoms with E-state index in [0.29, 0.717) is 11.5 Å². The smallest absolute Gasteiger partial charge is 0.0623 e. The molecular weight excluding hydrogens is 412 g/mol. The van der Waals surface area contributed by atoms with E-state index < -0.39 is 8.07 Å². The van der Waals surface area contributed by atoms with Crippen molar-refractivity contribution in [2.45, 2.75) is 53.0 Å². The van der Waals surface area contributed by atoms with Gasteiger partial charge in [0.1, 0.15) is 0 Å². The molecule has 4 aromatic carbocycles. The predicted octanol–water partition coefficient (Wildman–Crippen LogP) is 5.79. The van der Waals surface area contributed by atoms with Gasteiger partial charge in [-0.05, 0) is 73.8 Å². The molecular formula is C32H32Si. The first-order valence-corrected chi connectivity index (χ1v) is 14.3. The van der Waals surface area contributed by atoms with Crippen LogP contribution in [0.2, 0.25) is 0 Å². The number of fused-ring (bicyclic) bond motifs is 6. The van der Waals surface area contributed by atoms with E-state index in [1.54, 1.807) is 32.3 Å². The van der Waals surface area contributed by atoms with Crippen LogP contribution < -0.4 is 15.6 Å². The summed E-state index contributed by atoms with van der Waals surface area (Å²) in [6.45, 7) is 13.9. The topological polar surface area (TPSA) is 0 Å². The van der Waals surface area contributed by atoms with E-state index in [0.717, 1.165) is 0 Å². The number of hydrogen-bond donors (Lipinski definition) is 0. The molecule has 0 radical (unpaired) electrons. The molecule has 33 heavy (non-hydrogen) atoms. The molecule has 0 saturated heterocycles. The van der Waals surface area contributed by atoms with Gasteiger partial charge < -0.3 is 0 Å². The van der Waals surface area contributed by atoms with E-state index in [1.807, 2.05) is 0 Å². The average molecular weight is 445 g/mol. The zero-order valence-corrected chi connectivity index (χ0v) is 21.6. The lowest BCUT2D eigenvalue weighted by atomic mass is 9.73. The third-order valence-corrected chi connectivity index (χ3v) is 14.4. The Labute approximate surface area is 199 Å². The van der Waals surface area contributed by atoms with Crippen LogP contribution in [0.1, 0.15) is 61.5 Å². The first-order valence-electron chi connectivity index (χ1n) is 12.2. The summed E-state index contributed by atoms with van der Waals surface area (Å²) in [5.41, 5.74) is 13.9. The summed E-state index contributed by atoms with van der Waals surface area (Å²) in [4.78, 5) is 0. The van der Waals surface area contributed by atoms with Gasteiger partial charge in [0, 0.05) is 11.5 Å². The standard InChI is InChI=1S/C32H32Si/c1-19-15-21(3)30(22(4)16-19)33(31-23(5)17-20(2)18-24(31)6)28-14-10-9-13-27(28)29-25-11-7-8-12-26(25)32(29)33/h7-18,29,32H,1-6H3. The first kappa shape index (κ1) is 20.7. The first-order chi connectivity index (χ1) is 15.9. The lowest BCUT2D eigenvalue weighted by molar-refractivity contribution is 0.685. The highest BCUT2D eigenvalue weighted by Crippen LogP contribution is 2.58. The van der Waals surface area contributed by atoms with Crippen LogP contribution in [-0.2, 0) is 0 Å². The van der Waals surface area contributed by atoms with Crippen LogP contribution in [0, 0.1) is 41.5 Å². The second-order valence-corrected chi connectivity index (χ2v) is 14.3. The fourth-order valence-corrected chi connectivity index (χ4v) is 14.9. The molecule has 2 aliphatic rings. The van der Waals surface area contributed by atoms with Crippen LogP contribution >= 0.6 is 0 Å². The molecule has 6 rings (SSSR count). The lowest BCUT2D eigenvalue weighted by Crippen LogP contribution is -2.72. The minimum atomic E-state index is -2.36. The molecule has 1 aliphatic carbocycles. The molecule has 0 nitrogen and oxygen atoms in total. The van der Waals surface area contributed by atoms with Crippen LogP contribution in [-0.4, -0.2) is 8.07 Å². The van der Waals surface area contributed by atoms with Gasteiger partial charge in [0.25, 0.3) is 0 Å². The monoisotopic (exact) mass is 444 g/mol. The predicted molar refractivity (Wildman–Crippen MR) is 143 cm³/mol. The quantitative estimate of drug-likeness (QED) is 0.343. The fraction of sp³-hybridized carbons (Fsp3) is 0.250. The van der Waals surface area contributed by atoms with Crippen LogP contribution in [0.3, 0.4) is 0 Å². The molecule has 0 bridgehead atoms. The van der Waals surface area contributed by atoms with E-state index in [2.05, 4.69) is 114 Å². The van der Waals surface area contributed by atoms with E-state index in [4.69, 9.17) is 0 Å². The molecule has 0 aromatic heterocycles. The van der Waals surface area contributed by atoms with Gasteiger partial charge in [-0.1, -0.05) is 106 Å². The highest BCUT2D eigenvalue weighted by atomic mass is 28.3. The van der Waals surface area contributed by atoms with Gasteiger partial charge in [-0.2, -0.15) is 0 Å². The summed E-state index contributed by atoms with van der Waals surface area (Å²) in [7, 11) is -2.36. The lowest BCUT2D eigenvalue weighted by Gasteiger charge is -2.47. The maximum atomic E-state index is 2.48. The fourth-order valence-electron chi connectivity index (χ4n) is 7.77. The van der Waals surface area contributed by atoms with Crippen molar-refractivity contribution < 1.29 is 0 Å². The van der Waals surface area contributed by atoms with Crippen molar-refractivity contribution >= 4 is 23.6 Å². The van der Waals surface area contributed by atoms with Gasteiger partial charge in [-0.25, -0.2) is 0 Å². The molecule has 1 heteroatoms. The summed E-state index contributed by atoms with van der Waals surface area (Å²) in [5.74, 6) is 0.518. The van der Waals surface area contributed by atoms with Crippen molar-refractivity contribution in [2.24, 2.45) is 0 Å². The van der Waals surface area contributed by atoms with Gasteiger partial charge in [-0.15, -0.1) is 0 Å². The van der Waals surface area contributed by atoms with Crippen molar-refractivity contribution in [2.75, 3.05) is 0 Å². The molecule has 164 valence electrons. The highest BCUT2D eigenvalue weighted by Gasteiger charge is 2.63. The molecule has 0 fully saturated rings. The molecule has 0 spiro atoms. The molecule has 1 aliphatic heterocycles. The van der Waals surface area contributed by atoms with Gasteiger partial charge in [0.2, 0.25) is 0 Å². The number of rotatable bonds is 2. The molecule has 2 unspecified atom stereocenters. The van der Waals surface area contributed by atoms with Crippen LogP contribution in [0.5, 0.6) is 0 Å². The average Bonchev–Trinajstić information content (AvgIpc) is 2.97. The normalized spacial score (nSPS) is 19.5. The van der Waals surface area contributed by atoms with Crippen molar-refractivity contribution in [3.8, 4) is 0 Å². The van der Waals surface area contributed by atoms with Crippen molar-refractivity contribution in [1.29, 1.82) is 0 Å². The van der Waals surface area contributed by atoms with E-state index in [-0.39, 0.29) is 0 Å². The number of hydrogen-bond acceptors (Lipinski definition) is 0. The maximum Gasteiger partial charge on any atom is 0.158 e. The zero-order valence-electron chi connectivity index (χ0n) is 20.6.